The molecule has 0 unspecified atom stereocenters. The number of nitrogens with one attached hydrogen (secondary N) is 1. The quantitative estimate of drug-likeness (QED) is 0.401. The lowest BCUT2D eigenvalue weighted by Crippen LogP contribution is -2.53. The molecule has 5 rings (SSSR count). The second kappa shape index (κ2) is 10.7. The first kappa shape index (κ1) is 24.4. The number of ether oxygens (including phenoxy) is 1. The highest BCUT2D eigenvalue weighted by Gasteiger charge is 2.26. The topological polar surface area (TPSA) is 124 Å². The van der Waals surface area contributed by atoms with Crippen LogP contribution in [0.25, 0.3) is 11.0 Å². The van der Waals surface area contributed by atoms with Gasteiger partial charge in [0.25, 0.3) is 0 Å². The van der Waals surface area contributed by atoms with E-state index in [2.05, 4.69) is 25.9 Å². The van der Waals surface area contributed by atoms with E-state index in [0.29, 0.717) is 41.0 Å². The Morgan fingerprint density at radius 1 is 1.14 bits per heavy atom. The molecule has 4 heterocycles. The predicted molar refractivity (Wildman–Crippen MR) is 135 cm³/mol. The van der Waals surface area contributed by atoms with Gasteiger partial charge in [0.05, 0.1) is 22.7 Å². The van der Waals surface area contributed by atoms with Gasteiger partial charge in [-0.25, -0.2) is 9.37 Å². The third-order valence-corrected chi connectivity index (χ3v) is 6.44. The minimum atomic E-state index is -0.772. The van der Waals surface area contributed by atoms with Crippen LogP contribution >= 0.6 is 0 Å². The number of halogens is 1. The first-order valence-corrected chi connectivity index (χ1v) is 12.0. The van der Waals surface area contributed by atoms with E-state index in [9.17, 15) is 14.4 Å². The number of nitriles is 1. The molecule has 10 heteroatoms. The molecule has 4 aromatic rings. The van der Waals surface area contributed by atoms with Gasteiger partial charge in [-0.05, 0) is 42.3 Å². The zero-order valence-corrected chi connectivity index (χ0v) is 20.1. The molecule has 0 bridgehead atoms. The molecule has 1 aliphatic rings. The number of rotatable bonds is 7. The molecule has 0 radical (unpaired) electrons. The lowest BCUT2D eigenvalue weighted by Gasteiger charge is -2.35. The number of piperazine rings is 1. The van der Waals surface area contributed by atoms with E-state index in [1.165, 1.54) is 24.5 Å². The number of nitrogens with two attached hydrogens (primary N) is 1. The van der Waals surface area contributed by atoms with Gasteiger partial charge in [0.1, 0.15) is 17.5 Å². The summed E-state index contributed by atoms with van der Waals surface area (Å²) < 4.78 is 20.7. The second-order valence-corrected chi connectivity index (χ2v) is 8.95. The average Bonchev–Trinajstić information content (AvgIpc) is 3.35. The molecule has 1 amide bonds. The lowest BCUT2D eigenvalue weighted by molar-refractivity contribution is -0.134. The van der Waals surface area contributed by atoms with Crippen molar-refractivity contribution >= 4 is 16.9 Å². The smallest absolute Gasteiger partial charge is 0.239 e. The van der Waals surface area contributed by atoms with E-state index in [0.717, 1.165) is 25.3 Å². The van der Waals surface area contributed by atoms with Crippen molar-refractivity contribution in [3.05, 3.63) is 83.7 Å². The maximum Gasteiger partial charge on any atom is 0.239 e. The fourth-order valence-electron chi connectivity index (χ4n) is 4.50. The molecule has 1 fully saturated rings. The van der Waals surface area contributed by atoms with Crippen LogP contribution in [0.15, 0.2) is 61.1 Å². The van der Waals surface area contributed by atoms with Crippen molar-refractivity contribution in [2.45, 2.75) is 19.0 Å². The van der Waals surface area contributed by atoms with Crippen LogP contribution in [0.2, 0.25) is 0 Å². The van der Waals surface area contributed by atoms with E-state index in [4.69, 9.17) is 10.5 Å². The maximum atomic E-state index is 14.9. The zero-order valence-electron chi connectivity index (χ0n) is 20.1. The number of amides is 1. The highest BCUT2D eigenvalue weighted by molar-refractivity contribution is 5.88. The van der Waals surface area contributed by atoms with Gasteiger partial charge >= 0.3 is 0 Å². The average molecular weight is 500 g/mol. The Kier molecular flexibility index (Phi) is 7.07. The standard InChI is InChI=1S/C27H26FN7O2/c28-21-13-18(4-5-23(21)37-24-6-8-32-26-25(24)19(15-29)16-33-26)14-22(30)27(36)35-11-9-34(10-12-35)17-20-3-1-2-7-31-20/h1-8,13,16,22H,9-12,14,17,30H2,(H,32,33)/t22-/m0/s1. The third-order valence-electron chi connectivity index (χ3n) is 6.44. The van der Waals surface area contributed by atoms with E-state index >= 15 is 0 Å². The van der Waals surface area contributed by atoms with Crippen LogP contribution in [0.1, 0.15) is 16.8 Å². The number of carbonyl (C=O) groups excluding carboxylic acids is 1. The van der Waals surface area contributed by atoms with Crippen molar-refractivity contribution in [3.63, 3.8) is 0 Å². The summed E-state index contributed by atoms with van der Waals surface area (Å²) in [6.07, 6.45) is 5.04. The monoisotopic (exact) mass is 499 g/mol. The van der Waals surface area contributed by atoms with Crippen molar-refractivity contribution in [2.75, 3.05) is 26.2 Å². The Labute approximate surface area is 213 Å². The van der Waals surface area contributed by atoms with E-state index in [-0.39, 0.29) is 18.1 Å². The zero-order chi connectivity index (χ0) is 25.8. The number of fused-ring (bicyclic) bond motifs is 1. The molecule has 1 aromatic carbocycles. The molecule has 1 aliphatic heterocycles. The molecule has 3 N–H and O–H groups in total. The molecule has 0 aliphatic carbocycles. The number of carbonyl (C=O) groups is 1. The minimum Gasteiger partial charge on any atom is -0.453 e. The Bertz CT molecular complexity index is 1440. The maximum absolute atomic E-state index is 14.9. The Morgan fingerprint density at radius 2 is 1.97 bits per heavy atom. The Hall–Kier alpha value is -4.33. The first-order chi connectivity index (χ1) is 18.0. The summed E-state index contributed by atoms with van der Waals surface area (Å²) in [6, 6.07) is 13.2. The number of hydrogen-bond donors (Lipinski definition) is 2. The van der Waals surface area contributed by atoms with Crippen molar-refractivity contribution in [3.8, 4) is 17.6 Å². The van der Waals surface area contributed by atoms with Gasteiger partial charge in [-0.3, -0.25) is 14.7 Å². The molecule has 37 heavy (non-hydrogen) atoms. The largest absolute Gasteiger partial charge is 0.453 e. The van der Waals surface area contributed by atoms with Gasteiger partial charge in [0.15, 0.2) is 11.6 Å². The first-order valence-electron chi connectivity index (χ1n) is 12.0. The normalized spacial score (nSPS) is 14.9. The number of H-pyrrole nitrogens is 1. The SMILES string of the molecule is N#Cc1c[nH]c2nccc(Oc3ccc(C[C@H](N)C(=O)N4CCN(Cc5ccccn5)CC4)cc3F)c12. The van der Waals surface area contributed by atoms with Gasteiger partial charge in [-0.15, -0.1) is 0 Å². The molecular formula is C27H26FN7O2. The summed E-state index contributed by atoms with van der Waals surface area (Å²) in [6.45, 7) is 3.41. The van der Waals surface area contributed by atoms with Gasteiger partial charge in [-0.1, -0.05) is 12.1 Å². The van der Waals surface area contributed by atoms with Crippen LogP contribution in [-0.2, 0) is 17.8 Å². The molecule has 1 saturated heterocycles. The highest BCUT2D eigenvalue weighted by atomic mass is 19.1. The van der Waals surface area contributed by atoms with Crippen LogP contribution in [0.3, 0.4) is 0 Å². The predicted octanol–water partition coefficient (Wildman–Crippen LogP) is 2.98. The molecule has 3 aromatic heterocycles. The lowest BCUT2D eigenvalue weighted by atomic mass is 10.0. The van der Waals surface area contributed by atoms with Gasteiger partial charge in [0, 0.05) is 51.3 Å². The van der Waals surface area contributed by atoms with Crippen LogP contribution in [-0.4, -0.2) is 62.9 Å². The van der Waals surface area contributed by atoms with Crippen molar-refractivity contribution in [1.29, 1.82) is 5.26 Å². The molecular weight excluding hydrogens is 473 g/mol. The number of pyridine rings is 2. The fourth-order valence-corrected chi connectivity index (χ4v) is 4.50. The molecule has 9 nitrogen and oxygen atoms in total. The summed E-state index contributed by atoms with van der Waals surface area (Å²) >= 11 is 0. The minimum absolute atomic E-state index is 0.00488. The molecule has 188 valence electrons. The fraction of sp³-hybridized carbons (Fsp3) is 0.259. The summed E-state index contributed by atoms with van der Waals surface area (Å²) in [5.41, 5.74) is 8.66. The van der Waals surface area contributed by atoms with Crippen molar-refractivity contribution < 1.29 is 13.9 Å². The number of nitrogens with zero attached hydrogens (tertiary/aromatic N) is 5. The van der Waals surface area contributed by atoms with E-state index in [1.54, 1.807) is 23.2 Å². The molecule has 0 spiro atoms. The summed E-state index contributed by atoms with van der Waals surface area (Å²) in [5, 5.41) is 9.81. The molecule has 1 atom stereocenters. The highest BCUT2D eigenvalue weighted by Crippen LogP contribution is 2.32. The van der Waals surface area contributed by atoms with Crippen LogP contribution < -0.4 is 10.5 Å². The summed E-state index contributed by atoms with van der Waals surface area (Å²) in [5.74, 6) is -0.401. The van der Waals surface area contributed by atoms with Crippen molar-refractivity contribution in [1.82, 2.24) is 24.8 Å². The number of benzene rings is 1. The third kappa shape index (κ3) is 5.43. The second-order valence-electron chi connectivity index (χ2n) is 8.95. The van der Waals surface area contributed by atoms with Crippen LogP contribution in [0.4, 0.5) is 4.39 Å². The summed E-state index contributed by atoms with van der Waals surface area (Å²) in [7, 11) is 0. The van der Waals surface area contributed by atoms with E-state index < -0.39 is 11.9 Å². The van der Waals surface area contributed by atoms with Gasteiger partial charge in [0.2, 0.25) is 5.91 Å². The Balaban J connectivity index is 1.19. The summed E-state index contributed by atoms with van der Waals surface area (Å²) in [4.78, 5) is 28.4. The van der Waals surface area contributed by atoms with Crippen LogP contribution in [0, 0.1) is 17.1 Å². The Morgan fingerprint density at radius 3 is 2.70 bits per heavy atom. The number of aromatic nitrogens is 3. The van der Waals surface area contributed by atoms with E-state index in [1.807, 2.05) is 18.2 Å². The van der Waals surface area contributed by atoms with Crippen LogP contribution in [0.5, 0.6) is 11.5 Å². The number of aromatic amines is 1. The van der Waals surface area contributed by atoms with Crippen molar-refractivity contribution in [2.24, 2.45) is 5.73 Å². The van der Waals surface area contributed by atoms with Gasteiger partial charge < -0.3 is 20.4 Å². The number of hydrogen-bond acceptors (Lipinski definition) is 7. The van der Waals surface area contributed by atoms with Gasteiger partial charge in [-0.2, -0.15) is 5.26 Å². The molecule has 0 saturated carbocycles.